The Morgan fingerprint density at radius 2 is 1.91 bits per heavy atom. The molecule has 1 unspecified atom stereocenters. The normalized spacial score (nSPS) is 16.5. The second kappa shape index (κ2) is 8.54. The van der Waals surface area contributed by atoms with Crippen molar-refractivity contribution in [2.24, 2.45) is 0 Å². The van der Waals surface area contributed by atoms with E-state index in [9.17, 15) is 0 Å². The molecule has 2 aromatic heterocycles. The van der Waals surface area contributed by atoms with Crippen molar-refractivity contribution in [3.8, 4) is 28.8 Å². The summed E-state index contributed by atoms with van der Waals surface area (Å²) in [5.74, 6) is 1.06. The highest BCUT2D eigenvalue weighted by atomic mass is 16.5. The fourth-order valence-electron chi connectivity index (χ4n) is 4.03. The number of hydrogen-bond donors (Lipinski definition) is 0. The molecule has 1 atom stereocenters. The fraction of sp³-hybridized carbons (Fsp3) is 0.333. The summed E-state index contributed by atoms with van der Waals surface area (Å²) in [6.45, 7) is 1.33. The number of hydrogen-bond acceptors (Lipinski definition) is 7. The van der Waals surface area contributed by atoms with Crippen LogP contribution in [0.5, 0.6) is 0 Å². The van der Waals surface area contributed by atoms with E-state index in [-0.39, 0.29) is 6.23 Å². The van der Waals surface area contributed by atoms with Gasteiger partial charge >= 0.3 is 0 Å². The van der Waals surface area contributed by atoms with Gasteiger partial charge in [-0.05, 0) is 63.7 Å². The van der Waals surface area contributed by atoms with E-state index in [0.717, 1.165) is 53.6 Å². The molecule has 162 valence electrons. The van der Waals surface area contributed by atoms with E-state index in [0.29, 0.717) is 23.9 Å². The van der Waals surface area contributed by atoms with Crippen molar-refractivity contribution in [2.45, 2.75) is 32.0 Å². The molecule has 1 aliphatic heterocycles. The highest BCUT2D eigenvalue weighted by molar-refractivity contribution is 5.95. The molecule has 0 amide bonds. The lowest BCUT2D eigenvalue weighted by Crippen LogP contribution is -2.19. The Morgan fingerprint density at radius 3 is 2.62 bits per heavy atom. The zero-order valence-electron chi connectivity index (χ0n) is 18.2. The standard InChI is InChI=1S/C24H24N6O2/c1-29(2)15-21-26-27-24(32-21)18-10-11-20-19(13-18)23(17-8-6-16(14-25)7-9-17)28-30(20)22-5-3-4-12-31-22/h6-11,13,22H,3-5,12,15H2,1-2H3. The molecule has 0 N–H and O–H groups in total. The zero-order valence-corrected chi connectivity index (χ0v) is 18.2. The van der Waals surface area contributed by atoms with E-state index in [1.165, 1.54) is 0 Å². The Morgan fingerprint density at radius 1 is 1.09 bits per heavy atom. The van der Waals surface area contributed by atoms with Gasteiger partial charge in [-0.15, -0.1) is 10.2 Å². The van der Waals surface area contributed by atoms with Crippen LogP contribution >= 0.6 is 0 Å². The van der Waals surface area contributed by atoms with E-state index in [2.05, 4.69) is 16.3 Å². The molecular weight excluding hydrogens is 404 g/mol. The average molecular weight is 428 g/mol. The van der Waals surface area contributed by atoms with Crippen molar-refractivity contribution in [1.82, 2.24) is 24.9 Å². The summed E-state index contributed by atoms with van der Waals surface area (Å²) in [6.07, 6.45) is 3.05. The van der Waals surface area contributed by atoms with Gasteiger partial charge in [0, 0.05) is 23.1 Å². The maximum absolute atomic E-state index is 9.15. The van der Waals surface area contributed by atoms with Crippen molar-refractivity contribution in [1.29, 1.82) is 5.26 Å². The van der Waals surface area contributed by atoms with E-state index < -0.39 is 0 Å². The lowest BCUT2D eigenvalue weighted by molar-refractivity contribution is -0.0365. The van der Waals surface area contributed by atoms with Crippen LogP contribution in [0.3, 0.4) is 0 Å². The Bertz CT molecular complexity index is 1280. The smallest absolute Gasteiger partial charge is 0.247 e. The first-order chi connectivity index (χ1) is 15.6. The highest BCUT2D eigenvalue weighted by Crippen LogP contribution is 2.35. The molecule has 1 fully saturated rings. The van der Waals surface area contributed by atoms with Crippen molar-refractivity contribution >= 4 is 10.9 Å². The number of nitrogens with zero attached hydrogens (tertiary/aromatic N) is 6. The minimum Gasteiger partial charge on any atom is -0.419 e. The number of nitriles is 1. The van der Waals surface area contributed by atoms with Crippen LogP contribution in [0.1, 0.15) is 36.9 Å². The van der Waals surface area contributed by atoms with Crippen LogP contribution in [0.15, 0.2) is 46.9 Å². The number of benzene rings is 2. The largest absolute Gasteiger partial charge is 0.419 e. The van der Waals surface area contributed by atoms with Crippen LogP contribution in [0.4, 0.5) is 0 Å². The molecule has 0 radical (unpaired) electrons. The number of fused-ring (bicyclic) bond motifs is 1. The van der Waals surface area contributed by atoms with Gasteiger partial charge in [-0.1, -0.05) is 12.1 Å². The molecule has 2 aromatic carbocycles. The third-order valence-electron chi connectivity index (χ3n) is 5.59. The molecule has 0 saturated carbocycles. The van der Waals surface area contributed by atoms with Gasteiger partial charge in [-0.25, -0.2) is 4.68 Å². The molecule has 0 spiro atoms. The maximum atomic E-state index is 9.15. The summed E-state index contributed by atoms with van der Waals surface area (Å²) >= 11 is 0. The summed E-state index contributed by atoms with van der Waals surface area (Å²) < 4.78 is 13.9. The number of ether oxygens (including phenoxy) is 1. The summed E-state index contributed by atoms with van der Waals surface area (Å²) in [5, 5.41) is 23.5. The topological polar surface area (TPSA) is 93.0 Å². The van der Waals surface area contributed by atoms with Gasteiger partial charge in [0.05, 0.1) is 23.7 Å². The number of rotatable bonds is 5. The predicted molar refractivity (Wildman–Crippen MR) is 119 cm³/mol. The van der Waals surface area contributed by atoms with Crippen LogP contribution in [-0.2, 0) is 11.3 Å². The summed E-state index contributed by atoms with van der Waals surface area (Å²) in [6, 6.07) is 15.7. The summed E-state index contributed by atoms with van der Waals surface area (Å²) in [5.41, 5.74) is 4.24. The van der Waals surface area contributed by atoms with Crippen LogP contribution in [0, 0.1) is 11.3 Å². The zero-order chi connectivity index (χ0) is 22.1. The molecule has 1 aliphatic rings. The van der Waals surface area contributed by atoms with Gasteiger partial charge in [0.2, 0.25) is 11.8 Å². The Balaban J connectivity index is 1.62. The second-order valence-electron chi connectivity index (χ2n) is 8.27. The fourth-order valence-corrected chi connectivity index (χ4v) is 4.03. The first-order valence-electron chi connectivity index (χ1n) is 10.7. The molecule has 1 saturated heterocycles. The monoisotopic (exact) mass is 428 g/mol. The molecule has 4 aromatic rings. The summed E-state index contributed by atoms with van der Waals surface area (Å²) in [4.78, 5) is 1.98. The molecule has 32 heavy (non-hydrogen) atoms. The van der Waals surface area contributed by atoms with Gasteiger partial charge in [0.1, 0.15) is 5.69 Å². The maximum Gasteiger partial charge on any atom is 0.247 e. The second-order valence-corrected chi connectivity index (χ2v) is 8.27. The first kappa shape index (κ1) is 20.4. The molecule has 3 heterocycles. The third kappa shape index (κ3) is 3.88. The SMILES string of the molecule is CN(C)Cc1nnc(-c2ccc3c(c2)c(-c2ccc(C#N)cc2)nn3C2CCCCO2)o1. The molecule has 8 heteroatoms. The quantitative estimate of drug-likeness (QED) is 0.465. The Hall–Kier alpha value is -3.54. The van der Waals surface area contributed by atoms with E-state index >= 15 is 0 Å². The van der Waals surface area contributed by atoms with Gasteiger partial charge in [0.15, 0.2) is 6.23 Å². The lowest BCUT2D eigenvalue weighted by Gasteiger charge is -2.23. The van der Waals surface area contributed by atoms with Crippen molar-refractivity contribution < 1.29 is 9.15 Å². The number of aromatic nitrogens is 4. The van der Waals surface area contributed by atoms with E-state index in [1.807, 2.05) is 66.1 Å². The van der Waals surface area contributed by atoms with Crippen molar-refractivity contribution in [3.63, 3.8) is 0 Å². The lowest BCUT2D eigenvalue weighted by atomic mass is 10.0. The van der Waals surface area contributed by atoms with Crippen molar-refractivity contribution in [2.75, 3.05) is 20.7 Å². The van der Waals surface area contributed by atoms with Gasteiger partial charge in [-0.2, -0.15) is 10.4 Å². The van der Waals surface area contributed by atoms with Crippen LogP contribution in [0.2, 0.25) is 0 Å². The van der Waals surface area contributed by atoms with E-state index in [4.69, 9.17) is 19.5 Å². The van der Waals surface area contributed by atoms with Gasteiger partial charge in [0.25, 0.3) is 0 Å². The third-order valence-corrected chi connectivity index (χ3v) is 5.59. The van der Waals surface area contributed by atoms with Crippen LogP contribution in [0.25, 0.3) is 33.6 Å². The minimum absolute atomic E-state index is 0.0840. The molecule has 8 nitrogen and oxygen atoms in total. The molecule has 5 rings (SSSR count). The molecular formula is C24H24N6O2. The Kier molecular flexibility index (Phi) is 5.43. The van der Waals surface area contributed by atoms with Crippen molar-refractivity contribution in [3.05, 3.63) is 53.9 Å². The first-order valence-corrected chi connectivity index (χ1v) is 10.7. The van der Waals surface area contributed by atoms with Crippen LogP contribution < -0.4 is 0 Å². The Labute approximate surface area is 186 Å². The minimum atomic E-state index is -0.0840. The highest BCUT2D eigenvalue weighted by Gasteiger charge is 2.22. The van der Waals surface area contributed by atoms with Gasteiger partial charge < -0.3 is 14.1 Å². The molecule has 0 aliphatic carbocycles. The van der Waals surface area contributed by atoms with Crippen LogP contribution in [-0.4, -0.2) is 45.6 Å². The summed E-state index contributed by atoms with van der Waals surface area (Å²) in [7, 11) is 3.92. The van der Waals surface area contributed by atoms with Gasteiger partial charge in [-0.3, -0.25) is 0 Å². The predicted octanol–water partition coefficient (Wildman–Crippen LogP) is 4.39. The average Bonchev–Trinajstić information content (AvgIpc) is 3.44. The molecule has 0 bridgehead atoms. The van der Waals surface area contributed by atoms with E-state index in [1.54, 1.807) is 0 Å².